The van der Waals surface area contributed by atoms with Crippen molar-refractivity contribution in [1.82, 2.24) is 4.90 Å². The van der Waals surface area contributed by atoms with Crippen LogP contribution < -0.4 is 10.1 Å². The summed E-state index contributed by atoms with van der Waals surface area (Å²) in [5, 5.41) is 3.09. The van der Waals surface area contributed by atoms with Gasteiger partial charge < -0.3 is 14.8 Å². The lowest BCUT2D eigenvalue weighted by Crippen LogP contribution is -2.63. The standard InChI is InChI=1S/C30H32N2O4/c1-35-28-13-12-25(27(33)20-22-8-10-24(11-9-22)23-6-3-2-4-7-23)21-26(28)31-29(34)30(14-5-15-30)32-16-18-36-19-17-32/h2-4,6-13,21H,5,14-20H2,1H3,(H,31,34). The maximum Gasteiger partial charge on any atom is 0.245 e. The number of nitrogens with one attached hydrogen (secondary N) is 1. The van der Waals surface area contributed by atoms with Crippen molar-refractivity contribution in [3.8, 4) is 16.9 Å². The Morgan fingerprint density at radius 1 is 0.944 bits per heavy atom. The van der Waals surface area contributed by atoms with Crippen LogP contribution in [0.25, 0.3) is 11.1 Å². The highest BCUT2D eigenvalue weighted by Gasteiger charge is 2.49. The fourth-order valence-electron chi connectivity index (χ4n) is 5.14. The molecule has 0 atom stereocenters. The fourth-order valence-corrected chi connectivity index (χ4v) is 5.14. The molecule has 0 radical (unpaired) electrons. The van der Waals surface area contributed by atoms with E-state index >= 15 is 0 Å². The number of hydrogen-bond acceptors (Lipinski definition) is 5. The number of benzene rings is 3. The normalized spacial score (nSPS) is 17.1. The van der Waals surface area contributed by atoms with Crippen LogP contribution in [0.5, 0.6) is 5.75 Å². The van der Waals surface area contributed by atoms with Crippen LogP contribution in [-0.4, -0.2) is 55.5 Å². The van der Waals surface area contributed by atoms with Gasteiger partial charge in [-0.1, -0.05) is 54.6 Å². The van der Waals surface area contributed by atoms with Gasteiger partial charge in [0.25, 0.3) is 0 Å². The molecular formula is C30H32N2O4. The van der Waals surface area contributed by atoms with Gasteiger partial charge in [0, 0.05) is 25.1 Å². The van der Waals surface area contributed by atoms with Crippen LogP contribution in [0.15, 0.2) is 72.8 Å². The predicted molar refractivity (Wildman–Crippen MR) is 141 cm³/mol. The van der Waals surface area contributed by atoms with E-state index in [2.05, 4.69) is 22.3 Å². The highest BCUT2D eigenvalue weighted by atomic mass is 16.5. The van der Waals surface area contributed by atoms with Gasteiger partial charge in [-0.2, -0.15) is 0 Å². The summed E-state index contributed by atoms with van der Waals surface area (Å²) in [5.74, 6) is 0.505. The third-order valence-electron chi connectivity index (χ3n) is 7.42. The van der Waals surface area contributed by atoms with Gasteiger partial charge in [0.15, 0.2) is 5.78 Å². The van der Waals surface area contributed by atoms with Crippen molar-refractivity contribution in [2.75, 3.05) is 38.7 Å². The third kappa shape index (κ3) is 4.92. The number of ether oxygens (including phenoxy) is 2. The topological polar surface area (TPSA) is 67.9 Å². The average Bonchev–Trinajstić information content (AvgIpc) is 2.89. The van der Waals surface area contributed by atoms with E-state index in [0.29, 0.717) is 30.2 Å². The molecular weight excluding hydrogens is 452 g/mol. The quantitative estimate of drug-likeness (QED) is 0.457. The highest BCUT2D eigenvalue weighted by Crippen LogP contribution is 2.40. The Balaban J connectivity index is 1.30. The summed E-state index contributed by atoms with van der Waals surface area (Å²) in [6.45, 7) is 2.81. The number of methoxy groups -OCH3 is 1. The maximum absolute atomic E-state index is 13.5. The molecule has 1 saturated carbocycles. The van der Waals surface area contributed by atoms with Gasteiger partial charge in [0.05, 0.1) is 26.0 Å². The van der Waals surface area contributed by atoms with E-state index in [4.69, 9.17) is 9.47 Å². The van der Waals surface area contributed by atoms with E-state index in [9.17, 15) is 9.59 Å². The first kappa shape index (κ1) is 24.2. The Kier molecular flexibility index (Phi) is 7.16. The van der Waals surface area contributed by atoms with E-state index in [-0.39, 0.29) is 18.1 Å². The number of rotatable bonds is 8. The second kappa shape index (κ2) is 10.6. The first-order valence-electron chi connectivity index (χ1n) is 12.6. The van der Waals surface area contributed by atoms with Crippen LogP contribution in [-0.2, 0) is 16.0 Å². The van der Waals surface area contributed by atoms with Crippen LogP contribution in [0, 0.1) is 0 Å². The van der Waals surface area contributed by atoms with Crippen LogP contribution >= 0.6 is 0 Å². The summed E-state index contributed by atoms with van der Waals surface area (Å²) in [6, 6.07) is 23.5. The van der Waals surface area contributed by atoms with E-state index in [1.807, 2.05) is 42.5 Å². The lowest BCUT2D eigenvalue weighted by atomic mass is 9.74. The number of carbonyl (C=O) groups is 2. The van der Waals surface area contributed by atoms with Crippen molar-refractivity contribution in [3.05, 3.63) is 83.9 Å². The molecule has 1 N–H and O–H groups in total. The second-order valence-corrected chi connectivity index (χ2v) is 9.52. The van der Waals surface area contributed by atoms with Gasteiger partial charge in [-0.05, 0) is 54.2 Å². The minimum absolute atomic E-state index is 0.00727. The van der Waals surface area contributed by atoms with Crippen molar-refractivity contribution in [2.45, 2.75) is 31.2 Å². The average molecular weight is 485 g/mol. The number of carbonyl (C=O) groups excluding carboxylic acids is 2. The Hall–Kier alpha value is -3.48. The van der Waals surface area contributed by atoms with Gasteiger partial charge in [0.2, 0.25) is 5.91 Å². The zero-order valence-electron chi connectivity index (χ0n) is 20.7. The molecule has 2 aliphatic rings. The molecule has 0 bridgehead atoms. The number of morpholine rings is 1. The second-order valence-electron chi connectivity index (χ2n) is 9.52. The molecule has 3 aromatic rings. The fraction of sp³-hybridized carbons (Fsp3) is 0.333. The van der Waals surface area contributed by atoms with Gasteiger partial charge in [-0.3, -0.25) is 14.5 Å². The van der Waals surface area contributed by atoms with Crippen molar-refractivity contribution in [1.29, 1.82) is 0 Å². The minimum atomic E-state index is -0.505. The number of ketones is 1. The Morgan fingerprint density at radius 2 is 1.64 bits per heavy atom. The van der Waals surface area contributed by atoms with Gasteiger partial charge in [-0.15, -0.1) is 0 Å². The molecule has 1 amide bonds. The molecule has 0 aromatic heterocycles. The summed E-state index contributed by atoms with van der Waals surface area (Å²) in [7, 11) is 1.57. The zero-order chi connectivity index (χ0) is 25.0. The molecule has 0 spiro atoms. The molecule has 5 rings (SSSR count). The van der Waals surface area contributed by atoms with Crippen molar-refractivity contribution in [2.24, 2.45) is 0 Å². The number of anilines is 1. The third-order valence-corrected chi connectivity index (χ3v) is 7.42. The predicted octanol–water partition coefficient (Wildman–Crippen LogP) is 4.98. The van der Waals surface area contributed by atoms with Crippen molar-refractivity contribution in [3.63, 3.8) is 0 Å². The summed E-state index contributed by atoms with van der Waals surface area (Å²) in [4.78, 5) is 28.9. The van der Waals surface area contributed by atoms with Crippen molar-refractivity contribution < 1.29 is 19.1 Å². The summed E-state index contributed by atoms with van der Waals surface area (Å²) < 4.78 is 11.0. The van der Waals surface area contributed by atoms with E-state index < -0.39 is 5.54 Å². The number of nitrogens with zero attached hydrogens (tertiary/aromatic N) is 1. The molecule has 1 aliphatic carbocycles. The molecule has 6 heteroatoms. The van der Waals surface area contributed by atoms with Crippen LogP contribution in [0.4, 0.5) is 5.69 Å². The summed E-state index contributed by atoms with van der Waals surface area (Å²) >= 11 is 0. The van der Waals surface area contributed by atoms with Crippen LogP contribution in [0.1, 0.15) is 35.2 Å². The molecule has 1 heterocycles. The van der Waals surface area contributed by atoms with Gasteiger partial charge in [-0.25, -0.2) is 0 Å². The monoisotopic (exact) mass is 484 g/mol. The maximum atomic E-state index is 13.5. The summed E-state index contributed by atoms with van der Waals surface area (Å²) in [6.07, 6.45) is 2.98. The zero-order valence-corrected chi connectivity index (χ0v) is 20.7. The number of amides is 1. The highest BCUT2D eigenvalue weighted by molar-refractivity contribution is 6.03. The molecule has 2 fully saturated rings. The molecule has 3 aromatic carbocycles. The molecule has 1 aliphatic heterocycles. The molecule has 6 nitrogen and oxygen atoms in total. The van der Waals surface area contributed by atoms with E-state index in [0.717, 1.165) is 49.0 Å². The molecule has 0 unspecified atom stereocenters. The largest absolute Gasteiger partial charge is 0.495 e. The lowest BCUT2D eigenvalue weighted by Gasteiger charge is -2.50. The first-order chi connectivity index (χ1) is 17.6. The molecule has 186 valence electrons. The van der Waals surface area contributed by atoms with Crippen molar-refractivity contribution >= 4 is 17.4 Å². The Bertz CT molecular complexity index is 1210. The van der Waals surface area contributed by atoms with Gasteiger partial charge >= 0.3 is 0 Å². The summed E-state index contributed by atoms with van der Waals surface area (Å²) in [5.41, 5.74) is 3.79. The number of hydrogen-bond donors (Lipinski definition) is 1. The SMILES string of the molecule is COc1ccc(C(=O)Cc2ccc(-c3ccccc3)cc2)cc1NC(=O)C1(N2CCOCC2)CCC1. The Labute approximate surface area is 212 Å². The van der Waals surface area contributed by atoms with E-state index in [1.165, 1.54) is 0 Å². The first-order valence-corrected chi connectivity index (χ1v) is 12.6. The van der Waals surface area contributed by atoms with Crippen LogP contribution in [0.2, 0.25) is 0 Å². The van der Waals surface area contributed by atoms with Gasteiger partial charge in [0.1, 0.15) is 11.3 Å². The van der Waals surface area contributed by atoms with Crippen LogP contribution in [0.3, 0.4) is 0 Å². The minimum Gasteiger partial charge on any atom is -0.495 e. The van der Waals surface area contributed by atoms with E-state index in [1.54, 1.807) is 25.3 Å². The number of Topliss-reactive ketones (excluding diaryl/α,β-unsaturated/α-hetero) is 1. The molecule has 1 saturated heterocycles. The molecule has 36 heavy (non-hydrogen) atoms. The lowest BCUT2D eigenvalue weighted by molar-refractivity contribution is -0.139. The Morgan fingerprint density at radius 3 is 2.28 bits per heavy atom. The smallest absolute Gasteiger partial charge is 0.245 e.